The molecule has 1 aromatic heterocycles. The van der Waals surface area contributed by atoms with Crippen LogP contribution in [-0.4, -0.2) is 19.9 Å². The Morgan fingerprint density at radius 3 is 2.75 bits per heavy atom. The van der Waals surface area contributed by atoms with Gasteiger partial charge in [-0.1, -0.05) is 13.8 Å². The second-order valence-electron chi connectivity index (χ2n) is 3.76. The molecule has 6 nitrogen and oxygen atoms in total. The summed E-state index contributed by atoms with van der Waals surface area (Å²) in [7, 11) is -3.55. The number of anilines is 1. The van der Waals surface area contributed by atoms with E-state index in [0.717, 1.165) is 0 Å². The minimum Gasteiger partial charge on any atom is -0.323 e. The highest BCUT2D eigenvalue weighted by atomic mass is 32.2. The largest absolute Gasteiger partial charge is 0.323 e. The van der Waals surface area contributed by atoms with Crippen LogP contribution in [-0.2, 0) is 10.0 Å². The van der Waals surface area contributed by atoms with Crippen LogP contribution in [0.2, 0.25) is 0 Å². The maximum absolute atomic E-state index is 11.9. The van der Waals surface area contributed by atoms with Crippen LogP contribution in [0.4, 0.5) is 5.69 Å². The Kier molecular flexibility index (Phi) is 4.22. The van der Waals surface area contributed by atoms with Crippen LogP contribution in [0.3, 0.4) is 0 Å². The van der Waals surface area contributed by atoms with Crippen LogP contribution in [0.15, 0.2) is 23.4 Å². The Morgan fingerprint density at radius 1 is 1.50 bits per heavy atom. The molecule has 1 aromatic rings. The quantitative estimate of drug-likeness (QED) is 0.511. The van der Waals surface area contributed by atoms with E-state index in [4.69, 9.17) is 5.84 Å². The summed E-state index contributed by atoms with van der Waals surface area (Å²) >= 11 is 0. The molecule has 0 spiro atoms. The molecule has 0 atom stereocenters. The highest BCUT2D eigenvalue weighted by molar-refractivity contribution is 7.89. The van der Waals surface area contributed by atoms with Crippen LogP contribution >= 0.6 is 0 Å². The number of nitrogens with zero attached hydrogens (tertiary/aromatic N) is 1. The molecule has 0 bridgehead atoms. The summed E-state index contributed by atoms with van der Waals surface area (Å²) in [5.41, 5.74) is 2.66. The number of nitrogens with two attached hydrogens (primary N) is 1. The third-order valence-corrected chi connectivity index (χ3v) is 3.36. The van der Waals surface area contributed by atoms with Crippen molar-refractivity contribution >= 4 is 15.7 Å². The number of rotatable bonds is 5. The topological polar surface area (TPSA) is 97.1 Å². The molecule has 4 N–H and O–H groups in total. The lowest BCUT2D eigenvalue weighted by atomic mass is 10.2. The molecule has 0 unspecified atom stereocenters. The lowest BCUT2D eigenvalue weighted by molar-refractivity contribution is 0.560. The molecule has 0 saturated carbocycles. The summed E-state index contributed by atoms with van der Waals surface area (Å²) in [6, 6.07) is 1.50. The maximum atomic E-state index is 11.9. The number of pyridine rings is 1. The molecule has 1 heterocycles. The van der Waals surface area contributed by atoms with Gasteiger partial charge >= 0.3 is 0 Å². The number of aromatic nitrogens is 1. The van der Waals surface area contributed by atoms with E-state index in [2.05, 4.69) is 15.1 Å². The van der Waals surface area contributed by atoms with Gasteiger partial charge in [-0.15, -0.1) is 0 Å². The van der Waals surface area contributed by atoms with Gasteiger partial charge in [0.05, 0.1) is 5.69 Å². The van der Waals surface area contributed by atoms with Gasteiger partial charge in [-0.25, -0.2) is 13.1 Å². The average molecular weight is 244 g/mol. The second-order valence-corrected chi connectivity index (χ2v) is 5.50. The molecule has 0 aliphatic carbocycles. The van der Waals surface area contributed by atoms with Crippen molar-refractivity contribution in [2.24, 2.45) is 11.8 Å². The zero-order valence-corrected chi connectivity index (χ0v) is 10.1. The van der Waals surface area contributed by atoms with Gasteiger partial charge in [0.25, 0.3) is 0 Å². The zero-order valence-electron chi connectivity index (χ0n) is 9.27. The standard InChI is InChI=1S/C9H16N4O2S/c1-7(2)5-12-16(14,15)9-6-11-4-3-8(9)13-10/h3-4,6-7,12H,5,10H2,1-2H3,(H,11,13). The van der Waals surface area contributed by atoms with Crippen molar-refractivity contribution < 1.29 is 8.42 Å². The normalized spacial score (nSPS) is 11.8. The number of hydrazine groups is 1. The molecule has 0 radical (unpaired) electrons. The zero-order chi connectivity index (χ0) is 12.2. The number of nitrogens with one attached hydrogen (secondary N) is 2. The minimum absolute atomic E-state index is 0.0538. The summed E-state index contributed by atoms with van der Waals surface area (Å²) < 4.78 is 26.2. The molecule has 0 aliphatic heterocycles. The first-order chi connectivity index (χ1) is 7.47. The molecule has 0 saturated heterocycles. The Bertz CT molecular complexity index is 445. The molecule has 7 heteroatoms. The number of sulfonamides is 1. The van der Waals surface area contributed by atoms with Gasteiger partial charge in [0, 0.05) is 18.9 Å². The van der Waals surface area contributed by atoms with Gasteiger partial charge in [0.2, 0.25) is 10.0 Å². The Labute approximate surface area is 95.3 Å². The van der Waals surface area contributed by atoms with E-state index in [-0.39, 0.29) is 10.8 Å². The van der Waals surface area contributed by atoms with E-state index in [1.807, 2.05) is 13.8 Å². The summed E-state index contributed by atoms with van der Waals surface area (Å²) in [5, 5.41) is 0. The first kappa shape index (κ1) is 12.9. The Hall–Kier alpha value is -1.18. The van der Waals surface area contributed by atoms with Crippen LogP contribution in [0.25, 0.3) is 0 Å². The van der Waals surface area contributed by atoms with E-state index in [1.54, 1.807) is 0 Å². The molecule has 1 rings (SSSR count). The number of hydrogen-bond donors (Lipinski definition) is 3. The Balaban J connectivity index is 2.98. The van der Waals surface area contributed by atoms with Gasteiger partial charge < -0.3 is 5.43 Å². The molecule has 0 aliphatic rings. The fourth-order valence-corrected chi connectivity index (χ4v) is 2.39. The maximum Gasteiger partial charge on any atom is 0.244 e. The lowest BCUT2D eigenvalue weighted by Gasteiger charge is -2.11. The summed E-state index contributed by atoms with van der Waals surface area (Å²) in [5.74, 6) is 5.47. The summed E-state index contributed by atoms with van der Waals surface area (Å²) in [6.07, 6.45) is 2.73. The fourth-order valence-electron chi connectivity index (χ4n) is 1.07. The highest BCUT2D eigenvalue weighted by Crippen LogP contribution is 2.17. The Morgan fingerprint density at radius 2 is 2.19 bits per heavy atom. The molecule has 0 aromatic carbocycles. The number of nitrogen functional groups attached to an aromatic ring is 1. The SMILES string of the molecule is CC(C)CNS(=O)(=O)c1cnccc1NN. The molecule has 90 valence electrons. The van der Waals surface area contributed by atoms with Crippen molar-refractivity contribution in [1.29, 1.82) is 0 Å². The van der Waals surface area contributed by atoms with Crippen LogP contribution in [0.1, 0.15) is 13.8 Å². The van der Waals surface area contributed by atoms with Gasteiger partial charge in [-0.05, 0) is 12.0 Å². The fraction of sp³-hybridized carbons (Fsp3) is 0.444. The third-order valence-electron chi connectivity index (χ3n) is 1.91. The average Bonchev–Trinajstić information content (AvgIpc) is 2.26. The van der Waals surface area contributed by atoms with E-state index >= 15 is 0 Å². The van der Waals surface area contributed by atoms with E-state index in [0.29, 0.717) is 12.2 Å². The van der Waals surface area contributed by atoms with Gasteiger partial charge in [-0.3, -0.25) is 10.8 Å². The van der Waals surface area contributed by atoms with Gasteiger partial charge in [0.1, 0.15) is 4.90 Å². The van der Waals surface area contributed by atoms with Crippen molar-refractivity contribution in [1.82, 2.24) is 9.71 Å². The molecule has 0 amide bonds. The summed E-state index contributed by atoms with van der Waals surface area (Å²) in [4.78, 5) is 3.83. The molecular formula is C9H16N4O2S. The number of hydrogen-bond acceptors (Lipinski definition) is 5. The highest BCUT2D eigenvalue weighted by Gasteiger charge is 2.18. The van der Waals surface area contributed by atoms with Crippen molar-refractivity contribution in [2.75, 3.05) is 12.0 Å². The van der Waals surface area contributed by atoms with Crippen LogP contribution in [0, 0.1) is 5.92 Å². The van der Waals surface area contributed by atoms with E-state index in [9.17, 15) is 8.42 Å². The van der Waals surface area contributed by atoms with Crippen molar-refractivity contribution in [3.05, 3.63) is 18.5 Å². The van der Waals surface area contributed by atoms with Crippen molar-refractivity contribution in [2.45, 2.75) is 18.7 Å². The van der Waals surface area contributed by atoms with Gasteiger partial charge in [-0.2, -0.15) is 0 Å². The smallest absolute Gasteiger partial charge is 0.244 e. The first-order valence-corrected chi connectivity index (χ1v) is 6.36. The van der Waals surface area contributed by atoms with E-state index < -0.39 is 10.0 Å². The molecule has 16 heavy (non-hydrogen) atoms. The third kappa shape index (κ3) is 3.16. The first-order valence-electron chi connectivity index (χ1n) is 4.87. The van der Waals surface area contributed by atoms with Crippen molar-refractivity contribution in [3.63, 3.8) is 0 Å². The second kappa shape index (κ2) is 5.24. The van der Waals surface area contributed by atoms with Crippen molar-refractivity contribution in [3.8, 4) is 0 Å². The van der Waals surface area contributed by atoms with Crippen LogP contribution in [0.5, 0.6) is 0 Å². The predicted octanol–water partition coefficient (Wildman–Crippen LogP) is 0.302. The predicted molar refractivity (Wildman–Crippen MR) is 62.1 cm³/mol. The van der Waals surface area contributed by atoms with Crippen LogP contribution < -0.4 is 16.0 Å². The lowest BCUT2D eigenvalue weighted by Crippen LogP contribution is -2.28. The molecule has 0 fully saturated rings. The molecular weight excluding hydrogens is 228 g/mol. The van der Waals surface area contributed by atoms with E-state index in [1.165, 1.54) is 18.5 Å². The monoisotopic (exact) mass is 244 g/mol. The van der Waals surface area contributed by atoms with Gasteiger partial charge in [0.15, 0.2) is 0 Å². The summed E-state index contributed by atoms with van der Waals surface area (Å²) in [6.45, 7) is 4.23. The minimum atomic E-state index is -3.55.